The van der Waals surface area contributed by atoms with E-state index in [0.717, 1.165) is 5.69 Å². The second-order valence-electron chi connectivity index (χ2n) is 4.35. The number of nitrogens with two attached hydrogens (primary N) is 1. The van der Waals surface area contributed by atoms with E-state index in [2.05, 4.69) is 9.71 Å². The fraction of sp³-hybridized carbons (Fsp3) is 0.154. The van der Waals surface area contributed by atoms with E-state index in [-0.39, 0.29) is 15.6 Å². The third-order valence-electron chi connectivity index (χ3n) is 2.74. The molecule has 106 valence electrons. The molecule has 20 heavy (non-hydrogen) atoms. The van der Waals surface area contributed by atoms with Crippen molar-refractivity contribution in [1.82, 2.24) is 4.98 Å². The number of hydrogen-bond acceptors (Lipinski definition) is 4. The predicted molar refractivity (Wildman–Crippen MR) is 80.4 cm³/mol. The lowest BCUT2D eigenvalue weighted by atomic mass is 10.3. The van der Waals surface area contributed by atoms with Gasteiger partial charge in [-0.25, -0.2) is 8.42 Å². The van der Waals surface area contributed by atoms with Crippen LogP contribution in [0.15, 0.2) is 35.2 Å². The molecule has 0 amide bonds. The summed E-state index contributed by atoms with van der Waals surface area (Å²) in [6.07, 6.45) is 0. The van der Waals surface area contributed by atoms with Gasteiger partial charge in [-0.1, -0.05) is 17.7 Å². The van der Waals surface area contributed by atoms with Crippen LogP contribution in [0, 0.1) is 13.8 Å². The highest BCUT2D eigenvalue weighted by molar-refractivity contribution is 7.93. The first-order valence-electron chi connectivity index (χ1n) is 5.82. The molecule has 0 spiro atoms. The molecule has 0 atom stereocenters. The van der Waals surface area contributed by atoms with Gasteiger partial charge in [0, 0.05) is 5.69 Å². The van der Waals surface area contributed by atoms with Crippen molar-refractivity contribution in [3.63, 3.8) is 0 Å². The van der Waals surface area contributed by atoms with E-state index in [9.17, 15) is 8.42 Å². The summed E-state index contributed by atoms with van der Waals surface area (Å²) < 4.78 is 27.2. The van der Waals surface area contributed by atoms with Crippen LogP contribution < -0.4 is 10.5 Å². The third-order valence-corrected chi connectivity index (χ3v) is 4.64. The maximum Gasteiger partial charge on any atom is 0.265 e. The third kappa shape index (κ3) is 2.86. The minimum Gasteiger partial charge on any atom is -0.398 e. The average molecular weight is 312 g/mol. The Balaban J connectivity index is 2.46. The normalized spacial score (nSPS) is 11.3. The molecule has 0 saturated carbocycles. The Hall–Kier alpha value is -1.79. The van der Waals surface area contributed by atoms with Gasteiger partial charge >= 0.3 is 0 Å². The van der Waals surface area contributed by atoms with Gasteiger partial charge in [-0.2, -0.15) is 0 Å². The van der Waals surface area contributed by atoms with Gasteiger partial charge in [0.25, 0.3) is 10.0 Å². The van der Waals surface area contributed by atoms with Crippen LogP contribution in [0.5, 0.6) is 0 Å². The van der Waals surface area contributed by atoms with Crippen LogP contribution in [0.1, 0.15) is 11.4 Å². The van der Waals surface area contributed by atoms with Gasteiger partial charge in [-0.05, 0) is 38.1 Å². The molecule has 0 aliphatic carbocycles. The Morgan fingerprint density at radius 1 is 1.20 bits per heavy atom. The molecule has 0 saturated heterocycles. The number of aryl methyl sites for hydroxylation is 2. The zero-order chi connectivity index (χ0) is 14.9. The minimum absolute atomic E-state index is 0.0789. The summed E-state index contributed by atoms with van der Waals surface area (Å²) in [5.41, 5.74) is 7.59. The molecule has 0 aliphatic heterocycles. The fourth-order valence-electron chi connectivity index (χ4n) is 1.80. The molecule has 3 N–H and O–H groups in total. The largest absolute Gasteiger partial charge is 0.398 e. The first kappa shape index (κ1) is 14.6. The minimum atomic E-state index is -3.86. The number of anilines is 2. The van der Waals surface area contributed by atoms with Crippen molar-refractivity contribution < 1.29 is 8.42 Å². The molecule has 0 bridgehead atoms. The standard InChI is InChI=1S/C13H14ClN3O2S/c1-8-6-7-12(9(2)16-8)17-20(18,19)13-10(14)4-3-5-11(13)15/h3-7,17H,15H2,1-2H3. The van der Waals surface area contributed by atoms with Crippen LogP contribution in [0.25, 0.3) is 0 Å². The Labute approximate surface area is 122 Å². The highest BCUT2D eigenvalue weighted by atomic mass is 35.5. The lowest BCUT2D eigenvalue weighted by Crippen LogP contribution is -2.16. The van der Waals surface area contributed by atoms with E-state index in [4.69, 9.17) is 17.3 Å². The second-order valence-corrected chi connectivity index (χ2v) is 6.38. The van der Waals surface area contributed by atoms with E-state index >= 15 is 0 Å². The first-order chi connectivity index (χ1) is 9.31. The zero-order valence-corrected chi connectivity index (χ0v) is 12.6. The summed E-state index contributed by atoms with van der Waals surface area (Å²) in [6, 6.07) is 7.94. The van der Waals surface area contributed by atoms with Crippen LogP contribution in [-0.2, 0) is 10.0 Å². The van der Waals surface area contributed by atoms with Crippen LogP contribution in [0.4, 0.5) is 11.4 Å². The summed E-state index contributed by atoms with van der Waals surface area (Å²) >= 11 is 5.93. The molecule has 0 fully saturated rings. The summed E-state index contributed by atoms with van der Waals surface area (Å²) in [4.78, 5) is 4.08. The lowest BCUT2D eigenvalue weighted by Gasteiger charge is -2.13. The number of nitrogens with one attached hydrogen (secondary N) is 1. The summed E-state index contributed by atoms with van der Waals surface area (Å²) in [7, 11) is -3.86. The quantitative estimate of drug-likeness (QED) is 0.853. The maximum atomic E-state index is 12.4. The predicted octanol–water partition coefficient (Wildman–Crippen LogP) is 2.73. The first-order valence-corrected chi connectivity index (χ1v) is 7.68. The molecule has 1 heterocycles. The van der Waals surface area contributed by atoms with Crippen LogP contribution in [0.3, 0.4) is 0 Å². The maximum absolute atomic E-state index is 12.4. The van der Waals surface area contributed by atoms with Crippen molar-refractivity contribution in [2.75, 3.05) is 10.5 Å². The number of aromatic nitrogens is 1. The van der Waals surface area contributed by atoms with E-state index in [0.29, 0.717) is 11.4 Å². The van der Waals surface area contributed by atoms with Gasteiger partial charge in [0.05, 0.1) is 22.1 Å². The summed E-state index contributed by atoms with van der Waals surface area (Å²) in [5.74, 6) is 0. The Morgan fingerprint density at radius 3 is 2.50 bits per heavy atom. The zero-order valence-electron chi connectivity index (χ0n) is 11.0. The van der Waals surface area contributed by atoms with Crippen LogP contribution >= 0.6 is 11.6 Å². The number of benzene rings is 1. The fourth-order valence-corrected chi connectivity index (χ4v) is 3.60. The van der Waals surface area contributed by atoms with E-state index in [1.165, 1.54) is 12.1 Å². The van der Waals surface area contributed by atoms with Crippen molar-refractivity contribution in [3.8, 4) is 0 Å². The molecular weight excluding hydrogens is 298 g/mol. The topological polar surface area (TPSA) is 85.1 Å². The highest BCUT2D eigenvalue weighted by Gasteiger charge is 2.21. The Bertz CT molecular complexity index is 740. The van der Waals surface area contributed by atoms with E-state index in [1.54, 1.807) is 25.1 Å². The van der Waals surface area contributed by atoms with Gasteiger partial charge in [-0.3, -0.25) is 9.71 Å². The molecule has 1 aromatic heterocycles. The number of hydrogen-bond donors (Lipinski definition) is 2. The SMILES string of the molecule is Cc1ccc(NS(=O)(=O)c2c(N)cccc2Cl)c(C)n1. The van der Waals surface area contributed by atoms with Crippen molar-refractivity contribution in [3.05, 3.63) is 46.7 Å². The van der Waals surface area contributed by atoms with Crippen molar-refractivity contribution in [2.45, 2.75) is 18.7 Å². The molecule has 1 aromatic carbocycles. The number of nitrogen functional groups attached to an aromatic ring is 1. The molecule has 0 unspecified atom stereocenters. The number of rotatable bonds is 3. The summed E-state index contributed by atoms with van der Waals surface area (Å²) in [6.45, 7) is 3.55. The molecule has 5 nitrogen and oxygen atoms in total. The summed E-state index contributed by atoms with van der Waals surface area (Å²) in [5, 5.41) is 0.0789. The van der Waals surface area contributed by atoms with Crippen molar-refractivity contribution in [1.29, 1.82) is 0 Å². The van der Waals surface area contributed by atoms with Crippen molar-refractivity contribution >= 4 is 33.0 Å². The number of halogens is 1. The Kier molecular flexibility index (Phi) is 3.87. The number of nitrogens with zero attached hydrogens (tertiary/aromatic N) is 1. The van der Waals surface area contributed by atoms with Gasteiger partial charge in [-0.15, -0.1) is 0 Å². The monoisotopic (exact) mass is 311 g/mol. The highest BCUT2D eigenvalue weighted by Crippen LogP contribution is 2.29. The van der Waals surface area contributed by atoms with E-state index < -0.39 is 10.0 Å². The smallest absolute Gasteiger partial charge is 0.265 e. The van der Waals surface area contributed by atoms with Gasteiger partial charge < -0.3 is 5.73 Å². The second kappa shape index (κ2) is 5.30. The van der Waals surface area contributed by atoms with Gasteiger partial charge in [0.15, 0.2) is 0 Å². The molecule has 0 radical (unpaired) electrons. The van der Waals surface area contributed by atoms with Gasteiger partial charge in [0.1, 0.15) is 4.90 Å². The molecule has 2 aromatic rings. The molecule has 7 heteroatoms. The van der Waals surface area contributed by atoms with Crippen LogP contribution in [0.2, 0.25) is 5.02 Å². The Morgan fingerprint density at radius 2 is 1.90 bits per heavy atom. The average Bonchev–Trinajstić information content (AvgIpc) is 2.32. The lowest BCUT2D eigenvalue weighted by molar-refractivity contribution is 0.601. The molecular formula is C13H14ClN3O2S. The number of pyridine rings is 1. The molecule has 2 rings (SSSR count). The van der Waals surface area contributed by atoms with Crippen LogP contribution in [-0.4, -0.2) is 13.4 Å². The van der Waals surface area contributed by atoms with Crippen molar-refractivity contribution in [2.24, 2.45) is 0 Å². The molecule has 0 aliphatic rings. The number of sulfonamides is 1. The van der Waals surface area contributed by atoms with Gasteiger partial charge in [0.2, 0.25) is 0 Å². The van der Waals surface area contributed by atoms with E-state index in [1.807, 2.05) is 6.92 Å².